The van der Waals surface area contributed by atoms with Crippen LogP contribution in [0.3, 0.4) is 0 Å². The summed E-state index contributed by atoms with van der Waals surface area (Å²) in [6, 6.07) is 8.71. The Morgan fingerprint density at radius 2 is 1.72 bits per heavy atom. The quantitative estimate of drug-likeness (QED) is 0.623. The lowest BCUT2D eigenvalue weighted by Crippen LogP contribution is -2.20. The highest BCUT2D eigenvalue weighted by atomic mass is 19.4. The summed E-state index contributed by atoms with van der Waals surface area (Å²) in [6.45, 7) is 2.04. The number of halogens is 5. The van der Waals surface area contributed by atoms with E-state index in [2.05, 4.69) is 4.74 Å². The number of benzene rings is 2. The molecule has 1 nitrogen and oxygen atoms in total. The summed E-state index contributed by atoms with van der Waals surface area (Å²) in [5, 5.41) is 0. The van der Waals surface area contributed by atoms with Crippen molar-refractivity contribution in [3.05, 3.63) is 64.2 Å². The Labute approximate surface area is 141 Å². The second-order valence-corrected chi connectivity index (χ2v) is 5.84. The molecule has 0 aliphatic heterocycles. The Hall–Kier alpha value is -2.37. The van der Waals surface area contributed by atoms with E-state index in [1.54, 1.807) is 6.08 Å². The number of rotatable bonds is 3. The van der Waals surface area contributed by atoms with E-state index in [0.717, 1.165) is 23.6 Å². The van der Waals surface area contributed by atoms with Gasteiger partial charge >= 0.3 is 6.36 Å². The predicted octanol–water partition coefficient (Wildman–Crippen LogP) is 5.91. The molecule has 0 saturated heterocycles. The molecule has 0 unspecified atom stereocenters. The molecule has 0 atom stereocenters. The summed E-state index contributed by atoms with van der Waals surface area (Å²) >= 11 is 0. The van der Waals surface area contributed by atoms with E-state index in [0.29, 0.717) is 6.42 Å². The van der Waals surface area contributed by atoms with Crippen molar-refractivity contribution >= 4 is 11.6 Å². The van der Waals surface area contributed by atoms with Crippen molar-refractivity contribution in [3.63, 3.8) is 0 Å². The van der Waals surface area contributed by atoms with Gasteiger partial charge in [-0.2, -0.15) is 0 Å². The number of fused-ring (bicyclic) bond motifs is 1. The molecule has 25 heavy (non-hydrogen) atoms. The van der Waals surface area contributed by atoms with Crippen LogP contribution in [0.1, 0.15) is 35.6 Å². The number of alkyl halides is 3. The second kappa shape index (κ2) is 6.50. The Morgan fingerprint density at radius 3 is 2.32 bits per heavy atom. The summed E-state index contributed by atoms with van der Waals surface area (Å²) in [4.78, 5) is 0. The van der Waals surface area contributed by atoms with Crippen LogP contribution in [-0.4, -0.2) is 6.36 Å². The van der Waals surface area contributed by atoms with Gasteiger partial charge in [0.25, 0.3) is 0 Å². The van der Waals surface area contributed by atoms with E-state index >= 15 is 0 Å². The highest BCUT2D eigenvalue weighted by Crippen LogP contribution is 2.38. The van der Waals surface area contributed by atoms with Crippen LogP contribution in [0.2, 0.25) is 0 Å². The normalized spacial score (nSPS) is 14.1. The van der Waals surface area contributed by atoms with Gasteiger partial charge in [-0.05, 0) is 53.2 Å². The summed E-state index contributed by atoms with van der Waals surface area (Å²) in [6.07, 6.45) is -2.00. The third-order valence-corrected chi connectivity index (χ3v) is 4.24. The number of ether oxygens (including phenoxy) is 1. The summed E-state index contributed by atoms with van der Waals surface area (Å²) in [5.41, 5.74) is 3.27. The lowest BCUT2D eigenvalue weighted by molar-refractivity contribution is -0.276. The Bertz CT molecular complexity index is 819. The number of aryl methyl sites for hydroxylation is 1. The van der Waals surface area contributed by atoms with Gasteiger partial charge in [0, 0.05) is 0 Å². The Kier molecular flexibility index (Phi) is 4.54. The monoisotopic (exact) mass is 354 g/mol. The molecule has 0 aromatic heterocycles. The maximum Gasteiger partial charge on any atom is 0.573 e. The van der Waals surface area contributed by atoms with E-state index in [4.69, 9.17) is 0 Å². The molecule has 3 rings (SSSR count). The van der Waals surface area contributed by atoms with Gasteiger partial charge in [0.1, 0.15) is 0 Å². The van der Waals surface area contributed by atoms with Crippen LogP contribution < -0.4 is 4.74 Å². The van der Waals surface area contributed by atoms with Gasteiger partial charge in [-0.3, -0.25) is 0 Å². The van der Waals surface area contributed by atoms with Gasteiger partial charge in [0.2, 0.25) is 5.75 Å². The van der Waals surface area contributed by atoms with Crippen LogP contribution in [-0.2, 0) is 12.8 Å². The lowest BCUT2D eigenvalue weighted by atomic mass is 9.88. The molecular weight excluding hydrogens is 339 g/mol. The summed E-state index contributed by atoms with van der Waals surface area (Å²) < 4.78 is 68.6. The molecule has 6 heteroatoms. The standard InChI is InChI=1S/C19H15F5O/c1-2-11-3-5-12(6-4-11)13-7-8-15-14(9-13)10-16(20)18(17(15)21)25-19(22,23)24/h3-6,9-10H,2,7-8H2,1H3. The van der Waals surface area contributed by atoms with Crippen molar-refractivity contribution < 1.29 is 26.7 Å². The first-order chi connectivity index (χ1) is 11.8. The van der Waals surface area contributed by atoms with Crippen molar-refractivity contribution in [2.45, 2.75) is 32.5 Å². The minimum atomic E-state index is -5.15. The van der Waals surface area contributed by atoms with Crippen molar-refractivity contribution in [1.82, 2.24) is 0 Å². The smallest absolute Gasteiger partial charge is 0.399 e. The maximum absolute atomic E-state index is 14.3. The third kappa shape index (κ3) is 3.67. The van der Waals surface area contributed by atoms with Gasteiger partial charge in [0.15, 0.2) is 11.6 Å². The molecule has 0 radical (unpaired) electrons. The van der Waals surface area contributed by atoms with E-state index < -0.39 is 23.7 Å². The lowest BCUT2D eigenvalue weighted by Gasteiger charge is -2.20. The Morgan fingerprint density at radius 1 is 1.04 bits per heavy atom. The second-order valence-electron chi connectivity index (χ2n) is 5.84. The van der Waals surface area contributed by atoms with Gasteiger partial charge in [-0.15, -0.1) is 13.2 Å². The topological polar surface area (TPSA) is 9.23 Å². The summed E-state index contributed by atoms with van der Waals surface area (Å²) in [7, 11) is 0. The van der Waals surface area contributed by atoms with Crippen LogP contribution in [0.5, 0.6) is 5.75 Å². The average molecular weight is 354 g/mol. The molecule has 0 saturated carbocycles. The molecule has 0 N–H and O–H groups in total. The fourth-order valence-corrected chi connectivity index (χ4v) is 2.95. The SMILES string of the molecule is CCc1ccc(C2=Cc3cc(F)c(OC(F)(F)F)c(F)c3CC2)cc1. The number of hydrogen-bond donors (Lipinski definition) is 0. The van der Waals surface area contributed by atoms with Crippen LogP contribution >= 0.6 is 0 Å². The van der Waals surface area contributed by atoms with Gasteiger partial charge in [0.05, 0.1) is 0 Å². The maximum atomic E-state index is 14.3. The molecule has 0 fully saturated rings. The molecular formula is C19H15F5O. The van der Waals surface area contributed by atoms with E-state index in [9.17, 15) is 22.0 Å². The molecule has 132 valence electrons. The van der Waals surface area contributed by atoms with Crippen LogP contribution in [0, 0.1) is 11.6 Å². The third-order valence-electron chi connectivity index (χ3n) is 4.24. The Balaban J connectivity index is 1.99. The first-order valence-electron chi connectivity index (χ1n) is 7.85. The molecule has 2 aromatic carbocycles. The highest BCUT2D eigenvalue weighted by molar-refractivity contribution is 5.84. The van der Waals surface area contributed by atoms with Gasteiger partial charge in [-0.25, -0.2) is 8.78 Å². The molecule has 1 aliphatic rings. The first-order valence-corrected chi connectivity index (χ1v) is 7.85. The highest BCUT2D eigenvalue weighted by Gasteiger charge is 2.35. The molecule has 2 aromatic rings. The zero-order valence-electron chi connectivity index (χ0n) is 13.4. The molecule has 0 bridgehead atoms. The zero-order chi connectivity index (χ0) is 18.2. The molecule has 0 spiro atoms. The predicted molar refractivity (Wildman–Crippen MR) is 85.1 cm³/mol. The molecule has 0 amide bonds. The first kappa shape index (κ1) is 17.5. The van der Waals surface area contributed by atoms with E-state index in [-0.39, 0.29) is 17.5 Å². The van der Waals surface area contributed by atoms with Crippen molar-refractivity contribution in [2.75, 3.05) is 0 Å². The fourth-order valence-electron chi connectivity index (χ4n) is 2.95. The average Bonchev–Trinajstić information content (AvgIpc) is 2.57. The van der Waals surface area contributed by atoms with Gasteiger partial charge < -0.3 is 4.74 Å². The van der Waals surface area contributed by atoms with Crippen molar-refractivity contribution in [3.8, 4) is 5.75 Å². The fraction of sp³-hybridized carbons (Fsp3) is 0.263. The van der Waals surface area contributed by atoms with Crippen LogP contribution in [0.15, 0.2) is 30.3 Å². The zero-order valence-corrected chi connectivity index (χ0v) is 13.4. The van der Waals surface area contributed by atoms with Crippen molar-refractivity contribution in [2.24, 2.45) is 0 Å². The van der Waals surface area contributed by atoms with Crippen molar-refractivity contribution in [1.29, 1.82) is 0 Å². The van der Waals surface area contributed by atoms with E-state index in [1.807, 2.05) is 31.2 Å². The number of allylic oxidation sites excluding steroid dienone is 1. The minimum Gasteiger partial charge on any atom is -0.399 e. The summed E-state index contributed by atoms with van der Waals surface area (Å²) in [5.74, 6) is -4.05. The molecule has 1 aliphatic carbocycles. The van der Waals surface area contributed by atoms with Crippen LogP contribution in [0.4, 0.5) is 22.0 Å². The minimum absolute atomic E-state index is 0.0366. The largest absolute Gasteiger partial charge is 0.573 e. The molecule has 0 heterocycles. The van der Waals surface area contributed by atoms with E-state index in [1.165, 1.54) is 5.56 Å². The number of hydrogen-bond acceptors (Lipinski definition) is 1. The van der Waals surface area contributed by atoms with Crippen LogP contribution in [0.25, 0.3) is 11.6 Å². The van der Waals surface area contributed by atoms with Gasteiger partial charge in [-0.1, -0.05) is 37.3 Å².